The van der Waals surface area contributed by atoms with Crippen LogP contribution in [0, 0.1) is 12.3 Å². The summed E-state index contributed by atoms with van der Waals surface area (Å²) in [7, 11) is 1.69. The molecule has 14 heavy (non-hydrogen) atoms. The third-order valence-electron chi connectivity index (χ3n) is 1.76. The van der Waals surface area contributed by atoms with E-state index in [-0.39, 0.29) is 4.83 Å². The van der Waals surface area contributed by atoms with Crippen LogP contribution in [0.25, 0.3) is 0 Å². The third-order valence-corrected chi connectivity index (χ3v) is 2.46. The second-order valence-corrected chi connectivity index (χ2v) is 3.90. The summed E-state index contributed by atoms with van der Waals surface area (Å²) in [6.45, 7) is 1.91. The molecule has 0 amide bonds. The Morgan fingerprint density at radius 3 is 3.00 bits per heavy atom. The first-order chi connectivity index (χ1) is 6.65. The van der Waals surface area contributed by atoms with Crippen molar-refractivity contribution in [3.05, 3.63) is 29.6 Å². The van der Waals surface area contributed by atoms with E-state index in [0.717, 1.165) is 11.3 Å². The molecule has 4 heteroatoms. The summed E-state index contributed by atoms with van der Waals surface area (Å²) < 4.78 is 0. The molecule has 0 aromatic carbocycles. The molecule has 1 rings (SSSR count). The molecule has 1 N–H and O–H groups in total. The quantitative estimate of drug-likeness (QED) is 0.652. The van der Waals surface area contributed by atoms with Crippen LogP contribution < -0.4 is 0 Å². The minimum absolute atomic E-state index is 0.130. The molecular formula is C10H12BrN3. The van der Waals surface area contributed by atoms with Crippen LogP contribution >= 0.6 is 15.9 Å². The number of aryl methyl sites for hydroxylation is 1. The van der Waals surface area contributed by atoms with Gasteiger partial charge in [0.05, 0.1) is 10.5 Å². The molecule has 0 saturated carbocycles. The van der Waals surface area contributed by atoms with Gasteiger partial charge in [-0.2, -0.15) is 0 Å². The fourth-order valence-corrected chi connectivity index (χ4v) is 1.58. The Bertz CT molecular complexity index is 360. The molecule has 0 radical (unpaired) electrons. The molecule has 1 aromatic heterocycles. The lowest BCUT2D eigenvalue weighted by Gasteiger charge is -2.06. The van der Waals surface area contributed by atoms with Crippen LogP contribution in [0.1, 0.15) is 11.3 Å². The molecule has 1 unspecified atom stereocenters. The van der Waals surface area contributed by atoms with E-state index in [1.165, 1.54) is 0 Å². The molecule has 74 valence electrons. The average molecular weight is 254 g/mol. The number of alkyl halides is 1. The van der Waals surface area contributed by atoms with Crippen LogP contribution in [-0.4, -0.2) is 28.8 Å². The van der Waals surface area contributed by atoms with Gasteiger partial charge >= 0.3 is 0 Å². The Morgan fingerprint density at radius 2 is 2.43 bits per heavy atom. The van der Waals surface area contributed by atoms with Crippen molar-refractivity contribution < 1.29 is 0 Å². The summed E-state index contributed by atoms with van der Waals surface area (Å²) in [5.74, 6) is 0. The van der Waals surface area contributed by atoms with Crippen LogP contribution in [0.4, 0.5) is 0 Å². The van der Waals surface area contributed by atoms with Crippen molar-refractivity contribution in [3.63, 3.8) is 0 Å². The average Bonchev–Trinajstić information content (AvgIpc) is 2.17. The molecule has 0 aliphatic heterocycles. The number of hydrogen-bond donors (Lipinski definition) is 1. The number of aliphatic imine (C=N–C) groups is 1. The molecule has 0 spiro atoms. The lowest BCUT2D eigenvalue weighted by Crippen LogP contribution is -2.15. The van der Waals surface area contributed by atoms with Crippen molar-refractivity contribution >= 4 is 27.9 Å². The van der Waals surface area contributed by atoms with Crippen molar-refractivity contribution in [2.45, 2.75) is 11.8 Å². The van der Waals surface area contributed by atoms with E-state index in [1.807, 2.05) is 19.1 Å². The van der Waals surface area contributed by atoms with Crippen LogP contribution in [0.2, 0.25) is 0 Å². The van der Waals surface area contributed by atoms with E-state index in [9.17, 15) is 0 Å². The molecule has 1 aromatic rings. The van der Waals surface area contributed by atoms with Gasteiger partial charge in [-0.3, -0.25) is 9.98 Å². The SMILES string of the molecule is CN=CC(Br)C(=N)c1ccnc(C)c1. The highest BCUT2D eigenvalue weighted by Crippen LogP contribution is 2.09. The first kappa shape index (κ1) is 11.0. The number of rotatable bonds is 3. The van der Waals surface area contributed by atoms with Gasteiger partial charge in [-0.25, -0.2) is 0 Å². The van der Waals surface area contributed by atoms with Gasteiger partial charge in [0.1, 0.15) is 0 Å². The Balaban J connectivity index is 2.89. The van der Waals surface area contributed by atoms with Gasteiger partial charge in [0.15, 0.2) is 0 Å². The maximum atomic E-state index is 7.87. The number of nitrogens with one attached hydrogen (secondary N) is 1. The number of halogens is 1. The van der Waals surface area contributed by atoms with Crippen LogP contribution in [-0.2, 0) is 0 Å². The zero-order valence-electron chi connectivity index (χ0n) is 8.16. The molecule has 0 saturated heterocycles. The number of hydrogen-bond acceptors (Lipinski definition) is 3. The van der Waals surface area contributed by atoms with Gasteiger partial charge in [-0.05, 0) is 19.1 Å². The second kappa shape index (κ2) is 5.00. The second-order valence-electron chi connectivity index (χ2n) is 2.91. The summed E-state index contributed by atoms with van der Waals surface area (Å²) in [5.41, 5.74) is 2.29. The highest BCUT2D eigenvalue weighted by Gasteiger charge is 2.10. The van der Waals surface area contributed by atoms with E-state index in [4.69, 9.17) is 5.41 Å². The van der Waals surface area contributed by atoms with Crippen molar-refractivity contribution in [1.82, 2.24) is 4.98 Å². The standard InChI is InChI=1S/C10H12BrN3/c1-7-5-8(3-4-14-7)10(12)9(11)6-13-2/h3-6,9,12H,1-2H3. The minimum Gasteiger partial charge on any atom is -0.303 e. The smallest absolute Gasteiger partial charge is 0.0913 e. The molecule has 0 fully saturated rings. The summed E-state index contributed by atoms with van der Waals surface area (Å²) in [5, 5.41) is 7.87. The summed E-state index contributed by atoms with van der Waals surface area (Å²) in [6, 6.07) is 3.72. The largest absolute Gasteiger partial charge is 0.303 e. The maximum Gasteiger partial charge on any atom is 0.0913 e. The van der Waals surface area contributed by atoms with Crippen molar-refractivity contribution in [2.75, 3.05) is 7.05 Å². The minimum atomic E-state index is -0.130. The van der Waals surface area contributed by atoms with Gasteiger partial charge in [-0.15, -0.1) is 0 Å². The van der Waals surface area contributed by atoms with Gasteiger partial charge in [-0.1, -0.05) is 15.9 Å². The van der Waals surface area contributed by atoms with Crippen molar-refractivity contribution in [2.24, 2.45) is 4.99 Å². The molecular weight excluding hydrogens is 242 g/mol. The molecule has 0 aliphatic carbocycles. The fraction of sp³-hybridized carbons (Fsp3) is 0.300. The zero-order chi connectivity index (χ0) is 10.6. The number of aromatic nitrogens is 1. The lowest BCUT2D eigenvalue weighted by molar-refractivity contribution is 1.19. The van der Waals surface area contributed by atoms with E-state index >= 15 is 0 Å². The van der Waals surface area contributed by atoms with Crippen LogP contribution in [0.15, 0.2) is 23.3 Å². The topological polar surface area (TPSA) is 49.1 Å². The van der Waals surface area contributed by atoms with Gasteiger partial charge in [0, 0.05) is 30.7 Å². The number of nitrogens with zero attached hydrogens (tertiary/aromatic N) is 2. The van der Waals surface area contributed by atoms with Gasteiger partial charge in [0.2, 0.25) is 0 Å². The van der Waals surface area contributed by atoms with E-state index < -0.39 is 0 Å². The highest BCUT2D eigenvalue weighted by molar-refractivity contribution is 9.10. The fourth-order valence-electron chi connectivity index (χ4n) is 1.08. The molecule has 0 bridgehead atoms. The third kappa shape index (κ3) is 2.73. The Morgan fingerprint density at radius 1 is 1.71 bits per heavy atom. The summed E-state index contributed by atoms with van der Waals surface area (Å²) >= 11 is 3.37. The van der Waals surface area contributed by atoms with Gasteiger partial charge < -0.3 is 5.41 Å². The Hall–Kier alpha value is -1.03. The predicted molar refractivity (Wildman–Crippen MR) is 62.9 cm³/mol. The monoisotopic (exact) mass is 253 g/mol. The highest BCUT2D eigenvalue weighted by atomic mass is 79.9. The first-order valence-corrected chi connectivity index (χ1v) is 5.14. The van der Waals surface area contributed by atoms with Gasteiger partial charge in [0.25, 0.3) is 0 Å². The zero-order valence-corrected chi connectivity index (χ0v) is 9.75. The van der Waals surface area contributed by atoms with E-state index in [1.54, 1.807) is 19.5 Å². The van der Waals surface area contributed by atoms with Crippen molar-refractivity contribution in [1.29, 1.82) is 5.41 Å². The summed E-state index contributed by atoms with van der Waals surface area (Å²) in [6.07, 6.45) is 3.40. The normalized spacial score (nSPS) is 13.1. The first-order valence-electron chi connectivity index (χ1n) is 4.23. The lowest BCUT2D eigenvalue weighted by atomic mass is 10.1. The van der Waals surface area contributed by atoms with E-state index in [2.05, 4.69) is 25.9 Å². The maximum absolute atomic E-state index is 7.87. The van der Waals surface area contributed by atoms with Crippen LogP contribution in [0.3, 0.4) is 0 Å². The Kier molecular flexibility index (Phi) is 3.95. The summed E-state index contributed by atoms with van der Waals surface area (Å²) in [4.78, 5) is 7.83. The molecule has 1 atom stereocenters. The van der Waals surface area contributed by atoms with Crippen molar-refractivity contribution in [3.8, 4) is 0 Å². The molecule has 1 heterocycles. The molecule has 3 nitrogen and oxygen atoms in total. The molecule has 0 aliphatic rings. The predicted octanol–water partition coefficient (Wildman–Crippen LogP) is 2.22. The Labute approximate surface area is 91.9 Å². The number of pyridine rings is 1. The van der Waals surface area contributed by atoms with E-state index in [0.29, 0.717) is 5.71 Å². The van der Waals surface area contributed by atoms with Crippen LogP contribution in [0.5, 0.6) is 0 Å².